The second-order valence-corrected chi connectivity index (χ2v) is 8.15. The maximum absolute atomic E-state index is 12.7. The smallest absolute Gasteiger partial charge is 0.357 e. The van der Waals surface area contributed by atoms with Crippen molar-refractivity contribution in [1.29, 1.82) is 0 Å². The Labute approximate surface area is 202 Å². The van der Waals surface area contributed by atoms with Gasteiger partial charge in [-0.3, -0.25) is 4.79 Å². The predicted molar refractivity (Wildman–Crippen MR) is 131 cm³/mol. The topological polar surface area (TPSA) is 96.3 Å². The lowest BCUT2D eigenvalue weighted by atomic mass is 10.1. The zero-order valence-electron chi connectivity index (χ0n) is 19.1. The fourth-order valence-electron chi connectivity index (χ4n) is 3.66. The van der Waals surface area contributed by atoms with Gasteiger partial charge in [-0.25, -0.2) is 4.79 Å². The first-order valence-corrected chi connectivity index (χ1v) is 11.1. The number of carbonyl (C=O) groups is 2. The Morgan fingerprint density at radius 2 is 1.54 bits per heavy atom. The lowest BCUT2D eigenvalue weighted by Crippen LogP contribution is -2.41. The van der Waals surface area contributed by atoms with Crippen LogP contribution in [0.3, 0.4) is 0 Å². The molecule has 2 N–H and O–H groups in total. The highest BCUT2D eigenvalue weighted by Crippen LogP contribution is 2.24. The van der Waals surface area contributed by atoms with E-state index in [9.17, 15) is 19.8 Å². The number of phenols is 1. The summed E-state index contributed by atoms with van der Waals surface area (Å²) in [4.78, 5) is 29.9. The fraction of sp³-hybridized carbons (Fsp3) is 0.143. The van der Waals surface area contributed by atoms with Crippen molar-refractivity contribution in [3.63, 3.8) is 0 Å². The Bertz CT molecular complexity index is 1320. The van der Waals surface area contributed by atoms with Gasteiger partial charge in [-0.15, -0.1) is 5.06 Å². The number of benzene rings is 4. The van der Waals surface area contributed by atoms with Gasteiger partial charge in [-0.1, -0.05) is 54.6 Å². The first kappa shape index (κ1) is 23.8. The van der Waals surface area contributed by atoms with Crippen LogP contribution in [-0.4, -0.2) is 40.3 Å². The molecular formula is C28H25NO6. The van der Waals surface area contributed by atoms with Crippen LogP contribution in [0.1, 0.15) is 21.5 Å². The highest BCUT2D eigenvalue weighted by Gasteiger charge is 2.27. The summed E-state index contributed by atoms with van der Waals surface area (Å²) >= 11 is 0. The number of ether oxygens (including phenoxy) is 1. The number of likely N-dealkylation sites (N-methyl/N-ethyl adjacent to an activating group) is 1. The van der Waals surface area contributed by atoms with Crippen molar-refractivity contribution >= 4 is 22.7 Å². The number of aliphatic carboxylic acids is 1. The lowest BCUT2D eigenvalue weighted by molar-refractivity contribution is -0.164. The van der Waals surface area contributed by atoms with Gasteiger partial charge in [-0.2, -0.15) is 0 Å². The highest BCUT2D eigenvalue weighted by molar-refractivity contribution is 5.95. The Balaban J connectivity index is 1.42. The van der Waals surface area contributed by atoms with Crippen molar-refractivity contribution in [3.05, 3.63) is 108 Å². The number of carboxylic acids is 1. The second-order valence-electron chi connectivity index (χ2n) is 8.15. The summed E-state index contributed by atoms with van der Waals surface area (Å²) in [5, 5.41) is 21.8. The number of hydroxylamine groups is 2. The number of fused-ring (bicyclic) bond motifs is 1. The number of rotatable bonds is 9. The van der Waals surface area contributed by atoms with Crippen molar-refractivity contribution in [2.24, 2.45) is 0 Å². The van der Waals surface area contributed by atoms with E-state index in [0.29, 0.717) is 17.7 Å². The second kappa shape index (κ2) is 10.7. The van der Waals surface area contributed by atoms with Crippen LogP contribution in [0.25, 0.3) is 10.8 Å². The van der Waals surface area contributed by atoms with Gasteiger partial charge in [0.2, 0.25) is 0 Å². The van der Waals surface area contributed by atoms with Crippen LogP contribution in [0.4, 0.5) is 0 Å². The molecule has 4 rings (SSSR count). The van der Waals surface area contributed by atoms with Crippen molar-refractivity contribution in [3.8, 4) is 11.5 Å². The maximum atomic E-state index is 12.7. The molecule has 0 aliphatic carbocycles. The SMILES string of the molecule is CN(OC(=O)c1ccc2cc(OCc3ccccc3)ccc2c1)[C@@H](Cc1ccc(O)cc1)C(=O)O. The van der Waals surface area contributed by atoms with E-state index < -0.39 is 18.0 Å². The molecule has 0 unspecified atom stereocenters. The molecule has 0 saturated carbocycles. The molecule has 0 saturated heterocycles. The van der Waals surface area contributed by atoms with Crippen molar-refractivity contribution in [2.45, 2.75) is 19.1 Å². The van der Waals surface area contributed by atoms with Crippen LogP contribution in [0.5, 0.6) is 11.5 Å². The molecule has 4 aromatic rings. The minimum absolute atomic E-state index is 0.0894. The Morgan fingerprint density at radius 1 is 0.857 bits per heavy atom. The number of nitrogens with zero attached hydrogens (tertiary/aromatic N) is 1. The van der Waals surface area contributed by atoms with Gasteiger partial charge in [0.15, 0.2) is 0 Å². The zero-order chi connectivity index (χ0) is 24.8. The van der Waals surface area contributed by atoms with E-state index in [-0.39, 0.29) is 12.2 Å². The Hall–Kier alpha value is -4.36. The third-order valence-corrected chi connectivity index (χ3v) is 5.61. The van der Waals surface area contributed by atoms with Crippen LogP contribution in [-0.2, 0) is 22.7 Å². The van der Waals surface area contributed by atoms with E-state index in [1.54, 1.807) is 30.3 Å². The van der Waals surface area contributed by atoms with Crippen LogP contribution < -0.4 is 4.74 Å². The van der Waals surface area contributed by atoms with E-state index in [4.69, 9.17) is 9.57 Å². The van der Waals surface area contributed by atoms with E-state index in [1.165, 1.54) is 19.2 Å². The lowest BCUT2D eigenvalue weighted by Gasteiger charge is -2.23. The number of phenolic OH excluding ortho intramolecular Hbond substituents is 1. The van der Waals surface area contributed by atoms with Gasteiger partial charge in [0.25, 0.3) is 0 Å². The molecule has 0 amide bonds. The number of aromatic hydroxyl groups is 1. The summed E-state index contributed by atoms with van der Waals surface area (Å²) in [6, 6.07) is 25.7. The molecule has 0 fully saturated rings. The summed E-state index contributed by atoms with van der Waals surface area (Å²) in [5.74, 6) is -0.979. The van der Waals surface area contributed by atoms with Crippen LogP contribution in [0.2, 0.25) is 0 Å². The summed E-state index contributed by atoms with van der Waals surface area (Å²) < 4.78 is 5.87. The zero-order valence-corrected chi connectivity index (χ0v) is 19.1. The molecule has 178 valence electrons. The number of carboxylic acid groups (broad SMARTS) is 1. The highest BCUT2D eigenvalue weighted by atomic mass is 16.7. The number of hydrogen-bond donors (Lipinski definition) is 2. The van der Waals surface area contributed by atoms with Gasteiger partial charge in [-0.05, 0) is 58.3 Å². The van der Waals surface area contributed by atoms with Crippen molar-refractivity contribution < 1.29 is 29.4 Å². The molecule has 0 aromatic heterocycles. The maximum Gasteiger partial charge on any atom is 0.357 e. The average molecular weight is 472 g/mol. The van der Waals surface area contributed by atoms with E-state index >= 15 is 0 Å². The van der Waals surface area contributed by atoms with Crippen molar-refractivity contribution in [2.75, 3.05) is 7.05 Å². The molecule has 4 aromatic carbocycles. The van der Waals surface area contributed by atoms with Gasteiger partial charge in [0.1, 0.15) is 24.1 Å². The quantitative estimate of drug-likeness (QED) is 0.338. The molecule has 35 heavy (non-hydrogen) atoms. The van der Waals surface area contributed by atoms with E-state index in [1.807, 2.05) is 48.5 Å². The first-order chi connectivity index (χ1) is 16.9. The molecule has 0 bridgehead atoms. The molecule has 0 radical (unpaired) electrons. The number of carbonyl (C=O) groups excluding carboxylic acids is 1. The molecule has 1 atom stereocenters. The van der Waals surface area contributed by atoms with Crippen LogP contribution in [0, 0.1) is 0 Å². The molecule has 7 nitrogen and oxygen atoms in total. The number of hydrogen-bond acceptors (Lipinski definition) is 6. The minimum Gasteiger partial charge on any atom is -0.508 e. The van der Waals surface area contributed by atoms with E-state index in [2.05, 4.69) is 0 Å². The summed E-state index contributed by atoms with van der Waals surface area (Å²) in [7, 11) is 1.41. The molecule has 0 heterocycles. The van der Waals surface area contributed by atoms with Crippen LogP contribution in [0.15, 0.2) is 91.0 Å². The molecular weight excluding hydrogens is 446 g/mol. The third kappa shape index (κ3) is 6.16. The fourth-order valence-corrected chi connectivity index (χ4v) is 3.66. The molecule has 7 heteroatoms. The first-order valence-electron chi connectivity index (χ1n) is 11.1. The summed E-state index contributed by atoms with van der Waals surface area (Å²) in [6.45, 7) is 0.456. The summed E-state index contributed by atoms with van der Waals surface area (Å²) in [6.07, 6.45) is 0.100. The van der Waals surface area contributed by atoms with Crippen molar-refractivity contribution in [1.82, 2.24) is 5.06 Å². The van der Waals surface area contributed by atoms with Gasteiger partial charge >= 0.3 is 11.9 Å². The van der Waals surface area contributed by atoms with Gasteiger partial charge in [0.05, 0.1) is 5.56 Å². The monoisotopic (exact) mass is 471 g/mol. The predicted octanol–water partition coefficient (Wildman–Crippen LogP) is 4.82. The van der Waals surface area contributed by atoms with Gasteiger partial charge in [0, 0.05) is 13.5 Å². The molecule has 0 aliphatic rings. The largest absolute Gasteiger partial charge is 0.508 e. The summed E-state index contributed by atoms with van der Waals surface area (Å²) in [5.41, 5.74) is 2.06. The van der Waals surface area contributed by atoms with E-state index in [0.717, 1.165) is 27.1 Å². The molecule has 0 spiro atoms. The minimum atomic E-state index is -1.13. The Morgan fingerprint density at radius 3 is 2.26 bits per heavy atom. The van der Waals surface area contributed by atoms with Gasteiger partial charge < -0.3 is 19.8 Å². The standard InChI is InChI=1S/C28H25NO6/c1-29(26(27(31)32)15-19-7-12-24(30)13-8-19)35-28(33)23-10-9-22-17-25(14-11-21(22)16-23)34-18-20-5-3-2-4-6-20/h2-14,16-17,26,30H,15,18H2,1H3,(H,31,32)/t26-/m0/s1. The third-order valence-electron chi connectivity index (χ3n) is 5.61. The normalized spacial score (nSPS) is 11.8. The average Bonchev–Trinajstić information content (AvgIpc) is 2.87. The Kier molecular flexibility index (Phi) is 7.28. The van der Waals surface area contributed by atoms with Crippen LogP contribution >= 0.6 is 0 Å². The molecule has 0 aliphatic heterocycles.